The van der Waals surface area contributed by atoms with E-state index in [1.54, 1.807) is 13.3 Å². The first-order chi connectivity index (χ1) is 10.6. The van der Waals surface area contributed by atoms with Crippen molar-refractivity contribution in [2.75, 3.05) is 13.7 Å². The molecule has 0 atom stereocenters. The summed E-state index contributed by atoms with van der Waals surface area (Å²) in [6, 6.07) is 5.72. The van der Waals surface area contributed by atoms with E-state index in [1.807, 2.05) is 18.2 Å². The number of benzene rings is 1. The molecule has 2 N–H and O–H groups in total. The van der Waals surface area contributed by atoms with Gasteiger partial charge in [-0.25, -0.2) is 0 Å². The molecule has 6 nitrogen and oxygen atoms in total. The zero-order chi connectivity index (χ0) is 15.7. The number of aliphatic carboxylic acids is 1. The first-order valence-electron chi connectivity index (χ1n) is 7.24. The Balaban J connectivity index is 1.85. The molecule has 0 aliphatic heterocycles. The van der Waals surface area contributed by atoms with Gasteiger partial charge in [-0.05, 0) is 30.5 Å². The quantitative estimate of drug-likeness (QED) is 0.852. The van der Waals surface area contributed by atoms with Crippen molar-refractivity contribution in [2.24, 2.45) is 0 Å². The van der Waals surface area contributed by atoms with Crippen LogP contribution in [0.25, 0.3) is 10.9 Å². The Morgan fingerprint density at radius 2 is 2.18 bits per heavy atom. The Bertz CT molecular complexity index is 718. The lowest BCUT2D eigenvalue weighted by atomic mass is 10.1. The summed E-state index contributed by atoms with van der Waals surface area (Å²) in [6.45, 7) is -0.233. The highest BCUT2D eigenvalue weighted by Gasteiger charge is 2.34. The van der Waals surface area contributed by atoms with Gasteiger partial charge >= 0.3 is 5.97 Å². The highest BCUT2D eigenvalue weighted by atomic mass is 16.5. The van der Waals surface area contributed by atoms with Crippen molar-refractivity contribution in [3.8, 4) is 5.75 Å². The second-order valence-electron chi connectivity index (χ2n) is 5.52. The Hall–Kier alpha value is -2.50. The molecule has 1 aliphatic carbocycles. The molecule has 2 aromatic rings. The highest BCUT2D eigenvalue weighted by Crippen LogP contribution is 2.31. The van der Waals surface area contributed by atoms with E-state index < -0.39 is 5.97 Å². The molecule has 3 rings (SSSR count). The van der Waals surface area contributed by atoms with Gasteiger partial charge in [-0.1, -0.05) is 6.07 Å². The fraction of sp³-hybridized carbons (Fsp3) is 0.375. The van der Waals surface area contributed by atoms with E-state index in [2.05, 4.69) is 4.98 Å². The van der Waals surface area contributed by atoms with Gasteiger partial charge in [0.2, 0.25) is 5.91 Å². The van der Waals surface area contributed by atoms with E-state index >= 15 is 0 Å². The van der Waals surface area contributed by atoms with Gasteiger partial charge in [0, 0.05) is 23.1 Å². The Morgan fingerprint density at radius 1 is 1.41 bits per heavy atom. The van der Waals surface area contributed by atoms with Crippen molar-refractivity contribution >= 4 is 22.8 Å². The van der Waals surface area contributed by atoms with E-state index in [0.717, 1.165) is 29.3 Å². The number of nitrogens with zero attached hydrogens (tertiary/aromatic N) is 1. The molecule has 0 bridgehead atoms. The number of methoxy groups -OCH3 is 1. The average molecular weight is 302 g/mol. The standard InChI is InChI=1S/C16H18N2O4/c1-22-13-4-2-3-12-16(13)10(8-17-12)7-14(19)18(9-15(20)21)11-5-6-11/h2-4,8,11,17H,5-7,9H2,1H3,(H,20,21). The minimum Gasteiger partial charge on any atom is -0.496 e. The molecule has 1 aromatic carbocycles. The molecule has 116 valence electrons. The van der Waals surface area contributed by atoms with Crippen LogP contribution >= 0.6 is 0 Å². The number of aromatic amines is 1. The van der Waals surface area contributed by atoms with Crippen LogP contribution in [0.3, 0.4) is 0 Å². The van der Waals surface area contributed by atoms with Crippen molar-refractivity contribution in [3.05, 3.63) is 30.0 Å². The monoisotopic (exact) mass is 302 g/mol. The number of amides is 1. The first-order valence-corrected chi connectivity index (χ1v) is 7.24. The maximum Gasteiger partial charge on any atom is 0.323 e. The zero-order valence-electron chi connectivity index (χ0n) is 12.3. The van der Waals surface area contributed by atoms with Crippen LogP contribution in [0.2, 0.25) is 0 Å². The number of carboxylic acid groups (broad SMARTS) is 1. The van der Waals surface area contributed by atoms with Gasteiger partial charge in [0.15, 0.2) is 0 Å². The normalized spacial score (nSPS) is 14.0. The number of hydrogen-bond donors (Lipinski definition) is 2. The summed E-state index contributed by atoms with van der Waals surface area (Å²) in [4.78, 5) is 28.0. The van der Waals surface area contributed by atoms with Crippen LogP contribution in [0.4, 0.5) is 0 Å². The molecule has 1 saturated carbocycles. The van der Waals surface area contributed by atoms with Crippen LogP contribution in [0, 0.1) is 0 Å². The topological polar surface area (TPSA) is 82.6 Å². The number of fused-ring (bicyclic) bond motifs is 1. The minimum atomic E-state index is -0.975. The number of carbonyl (C=O) groups is 2. The molecule has 0 saturated heterocycles. The van der Waals surface area contributed by atoms with Crippen LogP contribution in [0.1, 0.15) is 18.4 Å². The number of carboxylic acids is 1. The molecule has 22 heavy (non-hydrogen) atoms. The van der Waals surface area contributed by atoms with Crippen LogP contribution < -0.4 is 4.74 Å². The van der Waals surface area contributed by atoms with E-state index in [-0.39, 0.29) is 24.9 Å². The maximum absolute atomic E-state index is 12.5. The summed E-state index contributed by atoms with van der Waals surface area (Å²) >= 11 is 0. The molecule has 1 aliphatic rings. The number of aromatic nitrogens is 1. The van der Waals surface area contributed by atoms with Crippen molar-refractivity contribution in [1.29, 1.82) is 0 Å². The highest BCUT2D eigenvalue weighted by molar-refractivity contribution is 5.93. The van der Waals surface area contributed by atoms with Crippen LogP contribution in [0.5, 0.6) is 5.75 Å². The summed E-state index contributed by atoms with van der Waals surface area (Å²) in [7, 11) is 1.59. The molecule has 0 radical (unpaired) electrons. The number of rotatable bonds is 6. The molecule has 1 heterocycles. The lowest BCUT2D eigenvalue weighted by molar-refractivity contribution is -0.144. The summed E-state index contributed by atoms with van der Waals surface area (Å²) in [5.41, 5.74) is 1.73. The Morgan fingerprint density at radius 3 is 2.82 bits per heavy atom. The third kappa shape index (κ3) is 2.77. The molecular formula is C16H18N2O4. The van der Waals surface area contributed by atoms with E-state index in [9.17, 15) is 9.59 Å². The average Bonchev–Trinajstić information content (AvgIpc) is 3.26. The summed E-state index contributed by atoms with van der Waals surface area (Å²) in [5, 5.41) is 9.85. The molecule has 1 amide bonds. The number of ether oxygens (including phenoxy) is 1. The number of H-pyrrole nitrogens is 1. The second-order valence-corrected chi connectivity index (χ2v) is 5.52. The van der Waals surface area contributed by atoms with Crippen molar-refractivity contribution in [3.63, 3.8) is 0 Å². The smallest absolute Gasteiger partial charge is 0.323 e. The van der Waals surface area contributed by atoms with E-state index in [1.165, 1.54) is 4.90 Å². The SMILES string of the molecule is COc1cccc2[nH]cc(CC(=O)N(CC(=O)O)C3CC3)c12. The van der Waals surface area contributed by atoms with Gasteiger partial charge < -0.3 is 19.7 Å². The van der Waals surface area contributed by atoms with Gasteiger partial charge in [-0.2, -0.15) is 0 Å². The Kier molecular flexibility index (Phi) is 3.75. The third-order valence-corrected chi connectivity index (χ3v) is 3.92. The molecule has 1 fully saturated rings. The predicted molar refractivity (Wildman–Crippen MR) is 80.9 cm³/mol. The predicted octanol–water partition coefficient (Wildman–Crippen LogP) is 1.79. The van der Waals surface area contributed by atoms with E-state index in [4.69, 9.17) is 9.84 Å². The Labute approximate surface area is 127 Å². The summed E-state index contributed by atoms with van der Waals surface area (Å²) in [6.07, 6.45) is 3.73. The first kappa shape index (κ1) is 14.4. The summed E-state index contributed by atoms with van der Waals surface area (Å²) < 4.78 is 5.35. The van der Waals surface area contributed by atoms with Gasteiger partial charge in [0.1, 0.15) is 12.3 Å². The molecule has 0 spiro atoms. The van der Waals surface area contributed by atoms with Crippen LogP contribution in [-0.4, -0.2) is 46.6 Å². The van der Waals surface area contributed by atoms with Crippen molar-refractivity contribution < 1.29 is 19.4 Å². The lowest BCUT2D eigenvalue weighted by Crippen LogP contribution is -2.38. The second kappa shape index (κ2) is 5.71. The van der Waals surface area contributed by atoms with E-state index in [0.29, 0.717) is 5.75 Å². The van der Waals surface area contributed by atoms with Gasteiger partial charge in [-0.15, -0.1) is 0 Å². The third-order valence-electron chi connectivity index (χ3n) is 3.92. The number of hydrogen-bond acceptors (Lipinski definition) is 3. The van der Waals surface area contributed by atoms with Crippen molar-refractivity contribution in [1.82, 2.24) is 9.88 Å². The van der Waals surface area contributed by atoms with Crippen LogP contribution in [-0.2, 0) is 16.0 Å². The van der Waals surface area contributed by atoms with Crippen LogP contribution in [0.15, 0.2) is 24.4 Å². The van der Waals surface area contributed by atoms with Gasteiger partial charge in [0.25, 0.3) is 0 Å². The molecule has 1 aromatic heterocycles. The summed E-state index contributed by atoms with van der Waals surface area (Å²) in [5.74, 6) is -0.425. The fourth-order valence-corrected chi connectivity index (χ4v) is 2.75. The van der Waals surface area contributed by atoms with Crippen molar-refractivity contribution in [2.45, 2.75) is 25.3 Å². The number of nitrogens with one attached hydrogen (secondary N) is 1. The molecule has 6 heteroatoms. The zero-order valence-corrected chi connectivity index (χ0v) is 12.3. The maximum atomic E-state index is 12.5. The van der Waals surface area contributed by atoms with Gasteiger partial charge in [-0.3, -0.25) is 9.59 Å². The fourth-order valence-electron chi connectivity index (χ4n) is 2.75. The number of carbonyl (C=O) groups excluding carboxylic acids is 1. The van der Waals surface area contributed by atoms with Gasteiger partial charge in [0.05, 0.1) is 13.5 Å². The lowest BCUT2D eigenvalue weighted by Gasteiger charge is -2.20. The molecule has 0 unspecified atom stereocenters. The largest absolute Gasteiger partial charge is 0.496 e. The molecular weight excluding hydrogens is 284 g/mol. The minimum absolute atomic E-state index is 0.0794.